The molecule has 1 aliphatic heterocycles. The Kier molecular flexibility index (Phi) is 5.38. The van der Waals surface area contributed by atoms with Gasteiger partial charge in [-0.15, -0.1) is 11.3 Å². The van der Waals surface area contributed by atoms with E-state index in [-0.39, 0.29) is 0 Å². The Balaban J connectivity index is 1.87. The van der Waals surface area contributed by atoms with Gasteiger partial charge in [0.15, 0.2) is 0 Å². The molecular formula is C11H17BrN2O3S2. The van der Waals surface area contributed by atoms with Gasteiger partial charge in [-0.2, -0.15) is 0 Å². The van der Waals surface area contributed by atoms with Crippen LogP contribution in [0, 0.1) is 6.92 Å². The van der Waals surface area contributed by atoms with Gasteiger partial charge in [0.05, 0.1) is 17.0 Å². The van der Waals surface area contributed by atoms with Gasteiger partial charge in [0.25, 0.3) is 0 Å². The zero-order valence-electron chi connectivity index (χ0n) is 10.7. The van der Waals surface area contributed by atoms with E-state index in [1.165, 1.54) is 11.3 Å². The molecule has 0 aliphatic carbocycles. The molecule has 5 nitrogen and oxygen atoms in total. The highest BCUT2D eigenvalue weighted by Gasteiger charge is 2.18. The zero-order valence-corrected chi connectivity index (χ0v) is 13.9. The van der Waals surface area contributed by atoms with Crippen LogP contribution in [0.25, 0.3) is 0 Å². The van der Waals surface area contributed by atoms with Crippen LogP contribution in [0.15, 0.2) is 14.1 Å². The normalized spacial score (nSPS) is 17.8. The Morgan fingerprint density at radius 3 is 2.74 bits per heavy atom. The molecule has 108 valence electrons. The van der Waals surface area contributed by atoms with E-state index in [4.69, 9.17) is 4.74 Å². The maximum Gasteiger partial charge on any atom is 0.250 e. The fraction of sp³-hybridized carbons (Fsp3) is 0.636. The number of rotatable bonds is 5. The van der Waals surface area contributed by atoms with Crippen molar-refractivity contribution in [1.29, 1.82) is 0 Å². The Bertz CT molecular complexity index is 505. The number of thiophene rings is 1. The first kappa shape index (κ1) is 15.4. The second-order valence-corrected chi connectivity index (χ2v) is 8.74. The molecule has 1 N–H and O–H groups in total. The molecule has 0 saturated carbocycles. The molecule has 1 saturated heterocycles. The number of ether oxygens (including phenoxy) is 1. The van der Waals surface area contributed by atoms with Gasteiger partial charge >= 0.3 is 0 Å². The maximum absolute atomic E-state index is 12.1. The third kappa shape index (κ3) is 4.24. The Morgan fingerprint density at radius 2 is 2.16 bits per heavy atom. The average Bonchev–Trinajstić information content (AvgIpc) is 2.72. The van der Waals surface area contributed by atoms with E-state index < -0.39 is 10.0 Å². The molecule has 19 heavy (non-hydrogen) atoms. The smallest absolute Gasteiger partial charge is 0.250 e. The molecule has 0 radical (unpaired) electrons. The van der Waals surface area contributed by atoms with Crippen molar-refractivity contribution in [2.24, 2.45) is 0 Å². The summed E-state index contributed by atoms with van der Waals surface area (Å²) in [5.74, 6) is 0. The lowest BCUT2D eigenvalue weighted by molar-refractivity contribution is 0.0390. The second kappa shape index (κ2) is 6.64. The standard InChI is InChI=1S/C11H17BrN2O3S2/c1-9-8-10(18-11(9)12)19(15,16)13-2-3-14-4-6-17-7-5-14/h8,13H,2-7H2,1H3. The average molecular weight is 369 g/mol. The summed E-state index contributed by atoms with van der Waals surface area (Å²) in [5.41, 5.74) is 0.943. The van der Waals surface area contributed by atoms with Gasteiger partial charge in [0, 0.05) is 26.2 Å². The van der Waals surface area contributed by atoms with E-state index in [1.54, 1.807) is 6.07 Å². The molecule has 0 atom stereocenters. The molecule has 1 aromatic rings. The van der Waals surface area contributed by atoms with Crippen LogP contribution in [-0.4, -0.2) is 52.7 Å². The van der Waals surface area contributed by atoms with Crippen LogP contribution >= 0.6 is 27.3 Å². The van der Waals surface area contributed by atoms with Crippen LogP contribution in [0.4, 0.5) is 0 Å². The molecule has 0 unspecified atom stereocenters. The largest absolute Gasteiger partial charge is 0.379 e. The SMILES string of the molecule is Cc1cc(S(=O)(=O)NCCN2CCOCC2)sc1Br. The molecule has 0 spiro atoms. The summed E-state index contributed by atoms with van der Waals surface area (Å²) < 4.78 is 33.3. The Morgan fingerprint density at radius 1 is 1.47 bits per heavy atom. The van der Waals surface area contributed by atoms with Gasteiger partial charge in [-0.25, -0.2) is 13.1 Å². The van der Waals surface area contributed by atoms with Crippen LogP contribution < -0.4 is 4.72 Å². The van der Waals surface area contributed by atoms with Crippen LogP contribution in [0.2, 0.25) is 0 Å². The van der Waals surface area contributed by atoms with Crippen LogP contribution in [-0.2, 0) is 14.8 Å². The third-order valence-corrected chi connectivity index (χ3v) is 6.99. The summed E-state index contributed by atoms with van der Waals surface area (Å²) in [6.07, 6.45) is 0. The van der Waals surface area contributed by atoms with Crippen molar-refractivity contribution in [3.8, 4) is 0 Å². The van der Waals surface area contributed by atoms with Crippen molar-refractivity contribution >= 4 is 37.3 Å². The van der Waals surface area contributed by atoms with Crippen molar-refractivity contribution in [3.63, 3.8) is 0 Å². The van der Waals surface area contributed by atoms with E-state index in [9.17, 15) is 8.42 Å². The molecule has 1 aliphatic rings. The van der Waals surface area contributed by atoms with Gasteiger partial charge < -0.3 is 4.74 Å². The summed E-state index contributed by atoms with van der Waals surface area (Å²) in [4.78, 5) is 2.20. The number of nitrogens with zero attached hydrogens (tertiary/aromatic N) is 1. The number of hydrogen-bond donors (Lipinski definition) is 1. The monoisotopic (exact) mass is 368 g/mol. The predicted molar refractivity (Wildman–Crippen MR) is 79.2 cm³/mol. The summed E-state index contributed by atoms with van der Waals surface area (Å²) in [6.45, 7) is 6.21. The van der Waals surface area contributed by atoms with Gasteiger partial charge in [0.2, 0.25) is 10.0 Å². The molecule has 2 rings (SSSR count). The molecule has 8 heteroatoms. The van der Waals surface area contributed by atoms with E-state index >= 15 is 0 Å². The van der Waals surface area contributed by atoms with Gasteiger partial charge in [-0.3, -0.25) is 4.90 Å². The van der Waals surface area contributed by atoms with Gasteiger partial charge in [0.1, 0.15) is 4.21 Å². The first-order valence-electron chi connectivity index (χ1n) is 6.05. The predicted octanol–water partition coefficient (Wildman–Crippen LogP) is 1.43. The highest BCUT2D eigenvalue weighted by Crippen LogP contribution is 2.30. The summed E-state index contributed by atoms with van der Waals surface area (Å²) in [7, 11) is -3.38. The first-order valence-corrected chi connectivity index (χ1v) is 9.14. The number of morpholine rings is 1. The van der Waals surface area contributed by atoms with E-state index in [1.807, 2.05) is 6.92 Å². The molecule has 2 heterocycles. The fourth-order valence-electron chi connectivity index (χ4n) is 1.80. The van der Waals surface area contributed by atoms with E-state index in [2.05, 4.69) is 25.6 Å². The lowest BCUT2D eigenvalue weighted by Gasteiger charge is -2.26. The summed E-state index contributed by atoms with van der Waals surface area (Å²) >= 11 is 4.58. The minimum absolute atomic E-state index is 0.360. The fourth-order valence-corrected chi connectivity index (χ4v) is 5.09. The molecule has 1 aromatic heterocycles. The van der Waals surface area contributed by atoms with Crippen molar-refractivity contribution in [3.05, 3.63) is 15.4 Å². The lowest BCUT2D eigenvalue weighted by atomic mass is 10.4. The molecular weight excluding hydrogens is 352 g/mol. The number of nitrogens with one attached hydrogen (secondary N) is 1. The minimum atomic E-state index is -3.38. The van der Waals surface area contributed by atoms with Crippen LogP contribution in [0.5, 0.6) is 0 Å². The van der Waals surface area contributed by atoms with E-state index in [0.717, 1.165) is 35.7 Å². The maximum atomic E-state index is 12.1. The number of sulfonamides is 1. The molecule has 0 bridgehead atoms. The van der Waals surface area contributed by atoms with Crippen molar-refractivity contribution in [1.82, 2.24) is 9.62 Å². The van der Waals surface area contributed by atoms with Crippen LogP contribution in [0.1, 0.15) is 5.56 Å². The summed E-state index contributed by atoms with van der Waals surface area (Å²) in [6, 6.07) is 1.69. The number of hydrogen-bond acceptors (Lipinski definition) is 5. The molecule has 0 aromatic carbocycles. The first-order chi connectivity index (χ1) is 8.99. The van der Waals surface area contributed by atoms with Crippen molar-refractivity contribution < 1.29 is 13.2 Å². The number of halogens is 1. The second-order valence-electron chi connectivity index (χ2n) is 4.37. The quantitative estimate of drug-likeness (QED) is 0.853. The highest BCUT2D eigenvalue weighted by atomic mass is 79.9. The Labute approximate surface area is 126 Å². The third-order valence-electron chi connectivity index (χ3n) is 2.92. The van der Waals surface area contributed by atoms with Crippen LogP contribution in [0.3, 0.4) is 0 Å². The summed E-state index contributed by atoms with van der Waals surface area (Å²) in [5, 5.41) is 0. The highest BCUT2D eigenvalue weighted by molar-refractivity contribution is 9.11. The van der Waals surface area contributed by atoms with Gasteiger partial charge in [-0.05, 0) is 34.5 Å². The van der Waals surface area contributed by atoms with E-state index in [0.29, 0.717) is 17.3 Å². The minimum Gasteiger partial charge on any atom is -0.379 e. The van der Waals surface area contributed by atoms with Crippen molar-refractivity contribution in [2.45, 2.75) is 11.1 Å². The molecule has 0 amide bonds. The van der Waals surface area contributed by atoms with Crippen molar-refractivity contribution in [2.75, 3.05) is 39.4 Å². The zero-order chi connectivity index (χ0) is 13.9. The van der Waals surface area contributed by atoms with Gasteiger partial charge in [-0.1, -0.05) is 0 Å². The molecule has 1 fully saturated rings. The Hall–Kier alpha value is 0.01000. The number of aryl methyl sites for hydroxylation is 1. The topological polar surface area (TPSA) is 58.6 Å². The lowest BCUT2D eigenvalue weighted by Crippen LogP contribution is -2.41.